The van der Waals surface area contributed by atoms with Crippen molar-refractivity contribution in [3.05, 3.63) is 23.8 Å². The molecule has 1 aromatic rings. The van der Waals surface area contributed by atoms with E-state index in [0.717, 1.165) is 6.42 Å². The van der Waals surface area contributed by atoms with Gasteiger partial charge in [0, 0.05) is 39.8 Å². The molecule has 0 aliphatic heterocycles. The van der Waals surface area contributed by atoms with Crippen molar-refractivity contribution in [1.29, 1.82) is 0 Å². The van der Waals surface area contributed by atoms with Crippen LogP contribution in [0.25, 0.3) is 0 Å². The molecule has 0 saturated carbocycles. The molecule has 2 N–H and O–H groups in total. The van der Waals surface area contributed by atoms with Crippen LogP contribution in [0.5, 0.6) is 5.75 Å². The Bertz CT molecular complexity index is 449. The maximum absolute atomic E-state index is 11.8. The lowest BCUT2D eigenvalue weighted by molar-refractivity contribution is 0.0645. The zero-order valence-corrected chi connectivity index (χ0v) is 12.9. The second-order valence-corrected chi connectivity index (χ2v) is 4.76. The fourth-order valence-corrected chi connectivity index (χ4v) is 1.66. The summed E-state index contributed by atoms with van der Waals surface area (Å²) < 4.78 is 15.8. The summed E-state index contributed by atoms with van der Waals surface area (Å²) in [5.74, 6) is 0.502. The zero-order chi connectivity index (χ0) is 15.7. The minimum Gasteiger partial charge on any atom is -0.491 e. The molecule has 6 heteroatoms. The van der Waals surface area contributed by atoms with E-state index in [1.54, 1.807) is 39.4 Å². The van der Waals surface area contributed by atoms with Gasteiger partial charge in [0.2, 0.25) is 0 Å². The lowest BCUT2D eigenvalue weighted by Gasteiger charge is -2.13. The number of ether oxygens (including phenoxy) is 3. The van der Waals surface area contributed by atoms with Crippen LogP contribution in [-0.2, 0) is 9.47 Å². The highest BCUT2D eigenvalue weighted by Gasteiger charge is 2.10. The maximum Gasteiger partial charge on any atom is 0.253 e. The molecule has 0 heterocycles. The van der Waals surface area contributed by atoms with E-state index in [-0.39, 0.29) is 5.91 Å². The predicted octanol–water partition coefficient (Wildman–Crippen LogP) is 1.40. The zero-order valence-electron chi connectivity index (χ0n) is 12.9. The average molecular weight is 296 g/mol. The monoisotopic (exact) mass is 296 g/mol. The molecule has 0 unspecified atom stereocenters. The fourth-order valence-electron chi connectivity index (χ4n) is 1.66. The van der Waals surface area contributed by atoms with Crippen LogP contribution in [0.2, 0.25) is 0 Å². The number of benzene rings is 1. The van der Waals surface area contributed by atoms with E-state index in [4.69, 9.17) is 19.9 Å². The third-order valence-electron chi connectivity index (χ3n) is 2.79. The third-order valence-corrected chi connectivity index (χ3v) is 2.79. The molecule has 1 rings (SSSR count). The van der Waals surface area contributed by atoms with Gasteiger partial charge >= 0.3 is 0 Å². The second kappa shape index (κ2) is 9.20. The first-order valence-electron chi connectivity index (χ1n) is 6.87. The maximum atomic E-state index is 11.8. The van der Waals surface area contributed by atoms with Crippen molar-refractivity contribution in [2.45, 2.75) is 6.42 Å². The Balaban J connectivity index is 2.38. The van der Waals surface area contributed by atoms with Crippen LogP contribution in [0.3, 0.4) is 0 Å². The number of rotatable bonds is 9. The number of hydrogen-bond acceptors (Lipinski definition) is 5. The Morgan fingerprint density at radius 3 is 2.57 bits per heavy atom. The van der Waals surface area contributed by atoms with Crippen molar-refractivity contribution >= 4 is 11.6 Å². The van der Waals surface area contributed by atoms with Crippen LogP contribution in [0, 0.1) is 0 Å². The molecule has 0 saturated heterocycles. The summed E-state index contributed by atoms with van der Waals surface area (Å²) in [6.07, 6.45) is 0.765. The highest BCUT2D eigenvalue weighted by Crippen LogP contribution is 2.23. The topological polar surface area (TPSA) is 74.0 Å². The molecule has 0 aliphatic carbocycles. The number of carbonyl (C=O) groups excluding carboxylic acids is 1. The van der Waals surface area contributed by atoms with Gasteiger partial charge in [-0.05, 0) is 18.2 Å². The summed E-state index contributed by atoms with van der Waals surface area (Å²) in [6.45, 7) is 2.30. The largest absolute Gasteiger partial charge is 0.491 e. The summed E-state index contributed by atoms with van der Waals surface area (Å²) in [4.78, 5) is 13.3. The van der Waals surface area contributed by atoms with Gasteiger partial charge < -0.3 is 24.8 Å². The molecule has 0 aliphatic rings. The van der Waals surface area contributed by atoms with E-state index >= 15 is 0 Å². The number of amides is 1. The van der Waals surface area contributed by atoms with Gasteiger partial charge in [0.15, 0.2) is 0 Å². The lowest BCUT2D eigenvalue weighted by Crippen LogP contribution is -2.21. The Labute approximate surface area is 125 Å². The van der Waals surface area contributed by atoms with Crippen molar-refractivity contribution in [3.8, 4) is 5.75 Å². The van der Waals surface area contributed by atoms with Crippen molar-refractivity contribution in [3.63, 3.8) is 0 Å². The van der Waals surface area contributed by atoms with E-state index in [2.05, 4.69) is 0 Å². The molecule has 6 nitrogen and oxygen atoms in total. The van der Waals surface area contributed by atoms with Crippen LogP contribution < -0.4 is 10.5 Å². The number of nitrogens with zero attached hydrogens (tertiary/aromatic N) is 1. The molecule has 0 aromatic heterocycles. The van der Waals surface area contributed by atoms with Gasteiger partial charge in [0.05, 0.1) is 25.5 Å². The van der Waals surface area contributed by atoms with E-state index in [1.165, 1.54) is 4.90 Å². The van der Waals surface area contributed by atoms with Crippen molar-refractivity contribution in [2.24, 2.45) is 0 Å². The molecule has 0 fully saturated rings. The number of methoxy groups -OCH3 is 1. The molecular formula is C15H24N2O4. The summed E-state index contributed by atoms with van der Waals surface area (Å²) in [7, 11) is 5.04. The first-order valence-corrected chi connectivity index (χ1v) is 6.87. The minimum atomic E-state index is -0.0835. The normalized spacial score (nSPS) is 10.4. The van der Waals surface area contributed by atoms with Crippen molar-refractivity contribution in [1.82, 2.24) is 4.90 Å². The van der Waals surface area contributed by atoms with Crippen molar-refractivity contribution < 1.29 is 19.0 Å². The molecule has 1 aromatic carbocycles. The van der Waals surface area contributed by atoms with E-state index < -0.39 is 0 Å². The number of hydrogen-bond donors (Lipinski definition) is 1. The number of carbonyl (C=O) groups is 1. The van der Waals surface area contributed by atoms with Crippen LogP contribution in [-0.4, -0.2) is 58.4 Å². The van der Waals surface area contributed by atoms with E-state index in [1.807, 2.05) is 0 Å². The van der Waals surface area contributed by atoms with Gasteiger partial charge in [-0.25, -0.2) is 0 Å². The Morgan fingerprint density at radius 1 is 1.19 bits per heavy atom. The van der Waals surface area contributed by atoms with Crippen LogP contribution in [0.15, 0.2) is 18.2 Å². The van der Waals surface area contributed by atoms with Crippen LogP contribution >= 0.6 is 0 Å². The Kier molecular flexibility index (Phi) is 7.56. The fraction of sp³-hybridized carbons (Fsp3) is 0.533. The van der Waals surface area contributed by atoms with Gasteiger partial charge in [-0.15, -0.1) is 0 Å². The minimum absolute atomic E-state index is 0.0835. The SMILES string of the molecule is COCCOCCCOc1ccc(C(=O)N(C)C)cc1N. The summed E-state index contributed by atoms with van der Waals surface area (Å²) in [6, 6.07) is 5.06. The Hall–Kier alpha value is -1.79. The number of nitrogens with two attached hydrogens (primary N) is 1. The number of anilines is 1. The quantitative estimate of drug-likeness (QED) is 0.551. The second-order valence-electron chi connectivity index (χ2n) is 4.76. The third kappa shape index (κ3) is 6.01. The molecule has 0 radical (unpaired) electrons. The summed E-state index contributed by atoms with van der Waals surface area (Å²) in [5, 5.41) is 0. The molecule has 118 valence electrons. The molecular weight excluding hydrogens is 272 g/mol. The van der Waals surface area contributed by atoms with E-state index in [0.29, 0.717) is 43.4 Å². The standard InChI is InChI=1S/C15H24N2O4/c1-17(2)15(18)12-5-6-14(13(16)11-12)21-8-4-7-20-10-9-19-3/h5-6,11H,4,7-10,16H2,1-3H3. The summed E-state index contributed by atoms with van der Waals surface area (Å²) >= 11 is 0. The van der Waals surface area contributed by atoms with Gasteiger partial charge in [-0.2, -0.15) is 0 Å². The molecule has 0 spiro atoms. The smallest absolute Gasteiger partial charge is 0.253 e. The van der Waals surface area contributed by atoms with Crippen LogP contribution in [0.1, 0.15) is 16.8 Å². The van der Waals surface area contributed by atoms with Gasteiger partial charge in [-0.1, -0.05) is 0 Å². The van der Waals surface area contributed by atoms with Crippen LogP contribution in [0.4, 0.5) is 5.69 Å². The number of nitrogen functional groups attached to an aromatic ring is 1. The molecule has 1 amide bonds. The highest BCUT2D eigenvalue weighted by atomic mass is 16.5. The molecule has 0 atom stereocenters. The molecule has 21 heavy (non-hydrogen) atoms. The van der Waals surface area contributed by atoms with Gasteiger partial charge in [-0.3, -0.25) is 4.79 Å². The first-order chi connectivity index (χ1) is 10.1. The first kappa shape index (κ1) is 17.3. The van der Waals surface area contributed by atoms with Gasteiger partial charge in [0.25, 0.3) is 5.91 Å². The van der Waals surface area contributed by atoms with Gasteiger partial charge in [0.1, 0.15) is 5.75 Å². The highest BCUT2D eigenvalue weighted by molar-refractivity contribution is 5.95. The Morgan fingerprint density at radius 2 is 1.95 bits per heavy atom. The predicted molar refractivity (Wildman–Crippen MR) is 81.7 cm³/mol. The average Bonchev–Trinajstić information content (AvgIpc) is 2.46. The lowest BCUT2D eigenvalue weighted by atomic mass is 10.1. The summed E-state index contributed by atoms with van der Waals surface area (Å²) in [5.41, 5.74) is 6.91. The van der Waals surface area contributed by atoms with E-state index in [9.17, 15) is 4.79 Å². The van der Waals surface area contributed by atoms with Crippen molar-refractivity contribution in [2.75, 3.05) is 53.4 Å². The molecule has 0 bridgehead atoms.